The topological polar surface area (TPSA) is 40.5 Å². The van der Waals surface area contributed by atoms with Gasteiger partial charge < -0.3 is 10.2 Å². The Morgan fingerprint density at radius 2 is 2.25 bits per heavy atom. The summed E-state index contributed by atoms with van der Waals surface area (Å²) in [4.78, 5) is 0. The average Bonchev–Trinajstić information content (AvgIpc) is 2.02. The van der Waals surface area contributed by atoms with Crippen LogP contribution in [0.2, 0.25) is 0 Å². The molecule has 0 radical (unpaired) electrons. The van der Waals surface area contributed by atoms with E-state index in [1.807, 2.05) is 6.08 Å². The van der Waals surface area contributed by atoms with Crippen molar-refractivity contribution in [2.45, 2.75) is 26.4 Å². The minimum absolute atomic E-state index is 0.109. The third kappa shape index (κ3) is 0.824. The van der Waals surface area contributed by atoms with Gasteiger partial charge in [0.05, 0.1) is 12.7 Å². The number of hydrogen-bond acceptors (Lipinski definition) is 2. The molecule has 68 valence electrons. The van der Waals surface area contributed by atoms with Gasteiger partial charge in [-0.15, -0.1) is 0 Å². The number of aliphatic hydroxyl groups excluding tert-OH is 2. The molecule has 2 heteroatoms. The fourth-order valence-corrected chi connectivity index (χ4v) is 2.78. The van der Waals surface area contributed by atoms with Crippen molar-refractivity contribution in [2.75, 3.05) is 6.61 Å². The van der Waals surface area contributed by atoms with Crippen LogP contribution in [0.5, 0.6) is 0 Å². The molecule has 0 aromatic rings. The standard InChI is InChI=1S/C10H16O2/c1-10(2)7-4-8(10)9(12)3-6(7)5-11/h3,7-9,11-12H,4-5H2,1-2H3/t7-,8+,9?/m1/s1. The van der Waals surface area contributed by atoms with E-state index in [0.717, 1.165) is 12.0 Å². The summed E-state index contributed by atoms with van der Waals surface area (Å²) < 4.78 is 0. The van der Waals surface area contributed by atoms with E-state index < -0.39 is 0 Å². The molecular weight excluding hydrogens is 152 g/mol. The lowest BCUT2D eigenvalue weighted by Crippen LogP contribution is -2.54. The molecule has 3 aliphatic rings. The Labute approximate surface area is 72.9 Å². The van der Waals surface area contributed by atoms with Crippen molar-refractivity contribution in [1.29, 1.82) is 0 Å². The third-order valence-electron chi connectivity index (χ3n) is 3.77. The van der Waals surface area contributed by atoms with E-state index >= 15 is 0 Å². The highest BCUT2D eigenvalue weighted by atomic mass is 16.3. The van der Waals surface area contributed by atoms with E-state index in [0.29, 0.717) is 11.8 Å². The Morgan fingerprint density at radius 3 is 2.67 bits per heavy atom. The average molecular weight is 168 g/mol. The highest BCUT2D eigenvalue weighted by Gasteiger charge is 2.54. The molecule has 2 N–H and O–H groups in total. The van der Waals surface area contributed by atoms with E-state index in [4.69, 9.17) is 5.11 Å². The second-order valence-corrected chi connectivity index (χ2v) is 4.61. The van der Waals surface area contributed by atoms with E-state index in [9.17, 15) is 5.11 Å². The van der Waals surface area contributed by atoms with Crippen molar-refractivity contribution in [2.24, 2.45) is 17.3 Å². The quantitative estimate of drug-likeness (QED) is 0.572. The predicted octanol–water partition coefficient (Wildman–Crippen LogP) is 0.942. The molecule has 3 aliphatic carbocycles. The van der Waals surface area contributed by atoms with Crippen molar-refractivity contribution in [1.82, 2.24) is 0 Å². The summed E-state index contributed by atoms with van der Waals surface area (Å²) in [5.74, 6) is 0.925. The maximum absolute atomic E-state index is 9.67. The number of hydrogen-bond donors (Lipinski definition) is 2. The van der Waals surface area contributed by atoms with Gasteiger partial charge in [-0.25, -0.2) is 0 Å². The van der Waals surface area contributed by atoms with Crippen LogP contribution in [-0.2, 0) is 0 Å². The predicted molar refractivity (Wildman–Crippen MR) is 46.6 cm³/mol. The van der Waals surface area contributed by atoms with E-state index in [-0.39, 0.29) is 18.1 Å². The summed E-state index contributed by atoms with van der Waals surface area (Å²) in [6.07, 6.45) is 2.57. The first-order valence-electron chi connectivity index (χ1n) is 4.57. The Kier molecular flexibility index (Phi) is 1.61. The highest BCUT2D eigenvalue weighted by molar-refractivity contribution is 5.26. The molecule has 1 saturated carbocycles. The highest BCUT2D eigenvalue weighted by Crippen LogP contribution is 2.58. The summed E-state index contributed by atoms with van der Waals surface area (Å²) in [5.41, 5.74) is 1.24. The van der Waals surface area contributed by atoms with Crippen molar-refractivity contribution in [3.63, 3.8) is 0 Å². The monoisotopic (exact) mass is 168 g/mol. The van der Waals surface area contributed by atoms with E-state index in [1.54, 1.807) is 0 Å². The third-order valence-corrected chi connectivity index (χ3v) is 3.77. The summed E-state index contributed by atoms with van der Waals surface area (Å²) in [6, 6.07) is 0. The van der Waals surface area contributed by atoms with Crippen molar-refractivity contribution in [3.05, 3.63) is 11.6 Å². The van der Waals surface area contributed by atoms with Gasteiger partial charge in [0.1, 0.15) is 0 Å². The molecule has 1 unspecified atom stereocenters. The minimum atomic E-state index is -0.327. The molecule has 1 fully saturated rings. The summed E-state index contributed by atoms with van der Waals surface area (Å²) in [6.45, 7) is 4.47. The van der Waals surface area contributed by atoms with Crippen LogP contribution in [0.4, 0.5) is 0 Å². The first-order valence-corrected chi connectivity index (χ1v) is 4.57. The molecule has 2 nitrogen and oxygen atoms in total. The lowest BCUT2D eigenvalue weighted by atomic mass is 9.48. The van der Waals surface area contributed by atoms with Crippen LogP contribution in [0, 0.1) is 17.3 Å². The number of rotatable bonds is 1. The zero-order valence-corrected chi connectivity index (χ0v) is 7.62. The Bertz CT molecular complexity index is 230. The molecular formula is C10H16O2. The van der Waals surface area contributed by atoms with Crippen molar-refractivity contribution < 1.29 is 10.2 Å². The summed E-state index contributed by atoms with van der Waals surface area (Å²) >= 11 is 0. The van der Waals surface area contributed by atoms with Gasteiger partial charge in [-0.2, -0.15) is 0 Å². The van der Waals surface area contributed by atoms with Crippen LogP contribution in [0.15, 0.2) is 11.6 Å². The first kappa shape index (κ1) is 8.27. The second kappa shape index (κ2) is 2.33. The summed E-state index contributed by atoms with van der Waals surface area (Å²) in [7, 11) is 0. The molecule has 0 saturated heterocycles. The van der Waals surface area contributed by atoms with Gasteiger partial charge in [0.25, 0.3) is 0 Å². The molecule has 3 rings (SSSR count). The zero-order chi connectivity index (χ0) is 8.93. The van der Waals surface area contributed by atoms with Crippen LogP contribution < -0.4 is 0 Å². The maximum Gasteiger partial charge on any atom is 0.0758 e. The van der Waals surface area contributed by atoms with Crippen LogP contribution in [-0.4, -0.2) is 22.9 Å². The van der Waals surface area contributed by atoms with Gasteiger partial charge in [-0.1, -0.05) is 19.9 Å². The Balaban J connectivity index is 2.30. The van der Waals surface area contributed by atoms with Crippen LogP contribution >= 0.6 is 0 Å². The van der Waals surface area contributed by atoms with Crippen LogP contribution in [0.1, 0.15) is 20.3 Å². The Morgan fingerprint density at radius 1 is 1.58 bits per heavy atom. The van der Waals surface area contributed by atoms with Gasteiger partial charge in [-0.05, 0) is 29.2 Å². The van der Waals surface area contributed by atoms with Gasteiger partial charge >= 0.3 is 0 Å². The van der Waals surface area contributed by atoms with Gasteiger partial charge in [0, 0.05) is 0 Å². The molecule has 0 heterocycles. The minimum Gasteiger partial charge on any atom is -0.392 e. The Hall–Kier alpha value is -0.340. The van der Waals surface area contributed by atoms with E-state index in [2.05, 4.69) is 13.8 Å². The lowest BCUT2D eigenvalue weighted by molar-refractivity contribution is -0.0802. The van der Waals surface area contributed by atoms with Gasteiger partial charge in [-0.3, -0.25) is 0 Å². The fourth-order valence-electron chi connectivity index (χ4n) is 2.78. The fraction of sp³-hybridized carbons (Fsp3) is 0.800. The normalized spacial score (nSPS) is 43.3. The molecule has 0 aromatic heterocycles. The van der Waals surface area contributed by atoms with Crippen LogP contribution in [0.25, 0.3) is 0 Å². The first-order chi connectivity index (χ1) is 5.57. The summed E-state index contributed by atoms with van der Waals surface area (Å²) in [5, 5.41) is 18.7. The molecule has 0 spiro atoms. The number of aliphatic hydroxyl groups is 2. The van der Waals surface area contributed by atoms with Crippen molar-refractivity contribution >= 4 is 0 Å². The SMILES string of the molecule is CC1(C)[C@@H]2C[C@H]1C(O)C=C2CO. The molecule has 0 amide bonds. The molecule has 2 bridgehead atoms. The molecule has 3 atom stereocenters. The lowest BCUT2D eigenvalue weighted by Gasteiger charge is -2.57. The smallest absolute Gasteiger partial charge is 0.0758 e. The zero-order valence-electron chi connectivity index (χ0n) is 7.62. The van der Waals surface area contributed by atoms with Gasteiger partial charge in [0.15, 0.2) is 0 Å². The second-order valence-electron chi connectivity index (χ2n) is 4.61. The number of fused-ring (bicyclic) bond motifs is 1. The van der Waals surface area contributed by atoms with Crippen LogP contribution in [0.3, 0.4) is 0 Å². The largest absolute Gasteiger partial charge is 0.392 e. The van der Waals surface area contributed by atoms with Gasteiger partial charge in [0.2, 0.25) is 0 Å². The molecule has 12 heavy (non-hydrogen) atoms. The van der Waals surface area contributed by atoms with E-state index in [1.165, 1.54) is 0 Å². The molecule has 0 aromatic carbocycles. The van der Waals surface area contributed by atoms with Crippen molar-refractivity contribution in [3.8, 4) is 0 Å². The molecule has 0 aliphatic heterocycles. The maximum atomic E-state index is 9.67.